The van der Waals surface area contributed by atoms with Crippen molar-refractivity contribution in [2.24, 2.45) is 23.2 Å². The molecule has 5 aliphatic heterocycles. The second kappa shape index (κ2) is 35.1. The van der Waals surface area contributed by atoms with E-state index in [0.29, 0.717) is 42.7 Å². The molecule has 4 amide bonds. The number of pyridine rings is 3. The Labute approximate surface area is 729 Å². The van der Waals surface area contributed by atoms with Gasteiger partial charge in [-0.3, -0.25) is 54.5 Å². The van der Waals surface area contributed by atoms with Gasteiger partial charge in [0.15, 0.2) is 0 Å². The summed E-state index contributed by atoms with van der Waals surface area (Å²) in [5.41, 5.74) is 29.1. The van der Waals surface area contributed by atoms with Gasteiger partial charge in [0.1, 0.15) is 12.1 Å². The summed E-state index contributed by atoms with van der Waals surface area (Å²) in [5, 5.41) is 44.7. The lowest BCUT2D eigenvalue weighted by molar-refractivity contribution is -0.139. The van der Waals surface area contributed by atoms with E-state index in [2.05, 4.69) is 205 Å². The van der Waals surface area contributed by atoms with Crippen LogP contribution in [0.15, 0.2) is 167 Å². The number of rotatable bonds is 13. The number of anilines is 4. The van der Waals surface area contributed by atoms with Crippen LogP contribution in [0, 0.1) is 50.9 Å². The summed E-state index contributed by atoms with van der Waals surface area (Å²) >= 11 is 0. The standard InChI is InChI=1S/C25H29N5O2.2C25H29N5O.C24H26N6O/c1-3-24(32)30-10-8-29(9-11-30)23-6-7-26-22-13-18(17(15-31)12-19(22)23)25-16(2)4-5-21-20(25)14-27-28-21;2*1-4-24(31)30-11-9-29(10-12-30)23-7-8-26-22-14-18(17(3)13-19(22)23)25-16(2)5-6-21-20(25)15-27-28-21;1-3-21(31)29-10-24(11-29)12-30(13-24)23-17-6-5-16(8-20(17)25-14-26-23)22-15(2)4-7-19-18(22)9-27-28-19/h3-7,14,17-18,31H,1,8-13,15H2,2H3,(H,27,28);2*4-8,15,17-18H,1,9-14H2,2-3H3,(H,27,28);3-4,7,9,14,16H,1,5-6,8,10-13H2,2H3,(H,27,28)/t17-,18+;2*17-,18-;/m010./s1. The van der Waals surface area contributed by atoms with E-state index >= 15 is 0 Å². The molecule has 26 heteroatoms. The van der Waals surface area contributed by atoms with E-state index in [1.54, 1.807) is 6.33 Å². The minimum absolute atomic E-state index is 0.00612. The van der Waals surface area contributed by atoms with Crippen LogP contribution in [0.4, 0.5) is 22.9 Å². The quantitative estimate of drug-likeness (QED) is 0.0670. The van der Waals surface area contributed by atoms with Gasteiger partial charge in [0, 0.05) is 202 Å². The third-order valence-corrected chi connectivity index (χ3v) is 28.8. The third kappa shape index (κ3) is 16.0. The van der Waals surface area contributed by atoms with Crippen LogP contribution in [0.5, 0.6) is 0 Å². The molecule has 26 nitrogen and oxygen atoms in total. The molecule has 0 saturated carbocycles. The predicted octanol–water partition coefficient (Wildman–Crippen LogP) is 12.6. The molecule has 125 heavy (non-hydrogen) atoms. The first-order chi connectivity index (χ1) is 60.8. The van der Waals surface area contributed by atoms with Crippen molar-refractivity contribution in [3.63, 3.8) is 0 Å². The number of hydrogen-bond donors (Lipinski definition) is 5. The molecule has 644 valence electrons. The highest BCUT2D eigenvalue weighted by Gasteiger charge is 2.54. The molecule has 0 bridgehead atoms. The van der Waals surface area contributed by atoms with Crippen LogP contribution in [0.3, 0.4) is 0 Å². The van der Waals surface area contributed by atoms with E-state index in [9.17, 15) is 24.3 Å². The van der Waals surface area contributed by atoms with Gasteiger partial charge >= 0.3 is 0 Å². The van der Waals surface area contributed by atoms with Crippen molar-refractivity contribution in [2.75, 3.05) is 131 Å². The summed E-state index contributed by atoms with van der Waals surface area (Å²) in [7, 11) is 0. The van der Waals surface area contributed by atoms with Crippen LogP contribution in [-0.4, -0.2) is 225 Å². The zero-order chi connectivity index (χ0) is 86.5. The molecular weight excluding hydrogens is 1560 g/mol. The number of nitrogens with one attached hydrogen (secondary N) is 4. The summed E-state index contributed by atoms with van der Waals surface area (Å²) < 4.78 is 0. The summed E-state index contributed by atoms with van der Waals surface area (Å²) in [6, 6.07) is 23.5. The van der Waals surface area contributed by atoms with Gasteiger partial charge < -0.3 is 44.3 Å². The van der Waals surface area contributed by atoms with Crippen molar-refractivity contribution in [2.45, 2.75) is 123 Å². The number of aliphatic hydroxyl groups excluding tert-OH is 1. The number of fused-ring (bicyclic) bond motifs is 8. The maximum Gasteiger partial charge on any atom is 0.246 e. The Morgan fingerprint density at radius 3 is 1.14 bits per heavy atom. The summed E-state index contributed by atoms with van der Waals surface area (Å²) in [6.07, 6.45) is 29.5. The number of hydrogen-bond acceptors (Lipinski definition) is 18. The first-order valence-electron chi connectivity index (χ1n) is 44.5. The lowest BCUT2D eigenvalue weighted by atomic mass is 9.72. The minimum Gasteiger partial charge on any atom is -0.396 e. The Kier molecular flexibility index (Phi) is 23.4. The molecule has 9 aliphatic rings. The van der Waals surface area contributed by atoms with Crippen molar-refractivity contribution in [1.29, 1.82) is 0 Å². The Bertz CT molecular complexity index is 5940. The fourth-order valence-electron chi connectivity index (χ4n) is 22.2. The highest BCUT2D eigenvalue weighted by molar-refractivity contribution is 5.91. The first kappa shape index (κ1) is 83.2. The van der Waals surface area contributed by atoms with Gasteiger partial charge in [-0.25, -0.2) is 9.97 Å². The number of aryl methyl sites for hydroxylation is 4. The van der Waals surface area contributed by atoms with Crippen molar-refractivity contribution >= 4 is 90.1 Å². The minimum atomic E-state index is -0.00612. The van der Waals surface area contributed by atoms with Crippen molar-refractivity contribution < 1.29 is 24.3 Å². The lowest BCUT2D eigenvalue weighted by Crippen LogP contribution is -2.73. The zero-order valence-electron chi connectivity index (χ0n) is 72.7. The second-order valence-corrected chi connectivity index (χ2v) is 36.1. The molecule has 4 aromatic carbocycles. The molecule has 5 fully saturated rings. The molecular formula is C99H113N21O5. The Morgan fingerprint density at radius 2 is 0.752 bits per heavy atom. The van der Waals surface area contributed by atoms with Gasteiger partial charge in [0.05, 0.1) is 46.9 Å². The van der Waals surface area contributed by atoms with E-state index in [-0.39, 0.29) is 47.5 Å². The fraction of sp³-hybridized carbons (Fsp3) is 0.404. The zero-order valence-corrected chi connectivity index (χ0v) is 72.7. The normalized spacial score (nSPS) is 21.2. The SMILES string of the molecule is C=CC(=O)N1CC2(C1)CN(c1ncnc3c1CCC(c1c(C)ccc4[nH]ncc14)C3)C2.C=CC(=O)N1CCN(c2ccnc3c2C[C@@H](C)[C@H](c2c(C)ccc4[nH]ncc24)C3)CC1.C=CC(=O)N1CCN(c2ccnc3c2C[C@@H](CO)[C@H](c2c(C)ccc4[nH]ncc24)C3)CC1.C=CC(=O)N1CCN(c2ccnc3c2C[C@H](C)[C@@H](c2c(C)ccc4[nH]ncc24)C3)CC1. The average molecular weight is 1680 g/mol. The number of piperazine rings is 3. The van der Waals surface area contributed by atoms with Crippen molar-refractivity contribution in [1.82, 2.24) is 85.3 Å². The summed E-state index contributed by atoms with van der Waals surface area (Å²) in [4.78, 5) is 88.4. The lowest BCUT2D eigenvalue weighted by Gasteiger charge is -2.60. The average Bonchev–Trinajstić information content (AvgIpc) is 1.22. The van der Waals surface area contributed by atoms with Gasteiger partial charge in [-0.1, -0.05) is 64.4 Å². The number of amides is 4. The molecule has 1 unspecified atom stereocenters. The van der Waals surface area contributed by atoms with Crippen molar-refractivity contribution in [3.8, 4) is 0 Å². The maximum absolute atomic E-state index is 11.9. The van der Waals surface area contributed by atoms with Crippen LogP contribution in [0.2, 0.25) is 0 Å². The topological polar surface area (TPSA) is 294 Å². The number of carbonyl (C=O) groups is 4. The molecule has 5 N–H and O–H groups in total. The predicted molar refractivity (Wildman–Crippen MR) is 491 cm³/mol. The van der Waals surface area contributed by atoms with E-state index in [1.165, 1.54) is 141 Å². The molecule has 7 atom stereocenters. The van der Waals surface area contributed by atoms with E-state index in [0.717, 1.165) is 188 Å². The highest BCUT2D eigenvalue weighted by Crippen LogP contribution is 2.49. The highest BCUT2D eigenvalue weighted by atomic mass is 16.3. The summed E-state index contributed by atoms with van der Waals surface area (Å²) in [5.74, 6) is 3.82. The van der Waals surface area contributed by atoms with E-state index in [1.807, 2.05) is 63.0 Å². The van der Waals surface area contributed by atoms with Crippen molar-refractivity contribution in [3.05, 3.63) is 257 Å². The number of H-pyrrole nitrogens is 4. The first-order valence-corrected chi connectivity index (χ1v) is 44.5. The largest absolute Gasteiger partial charge is 0.396 e. The van der Waals surface area contributed by atoms with Gasteiger partial charge in [-0.05, 0) is 255 Å². The molecule has 0 radical (unpaired) electrons. The van der Waals surface area contributed by atoms with Gasteiger partial charge in [-0.15, -0.1) is 0 Å². The van der Waals surface area contributed by atoms with Crippen LogP contribution >= 0.6 is 0 Å². The van der Waals surface area contributed by atoms with Crippen LogP contribution in [0.1, 0.15) is 133 Å². The van der Waals surface area contributed by atoms with Gasteiger partial charge in [-0.2, -0.15) is 20.4 Å². The number of likely N-dealkylation sites (tertiary alicyclic amines) is 1. The van der Waals surface area contributed by atoms with Gasteiger partial charge in [0.2, 0.25) is 23.6 Å². The maximum atomic E-state index is 11.9. The number of carbonyl (C=O) groups excluding carboxylic acids is 4. The molecule has 21 rings (SSSR count). The molecule has 8 aromatic heterocycles. The molecule has 12 aromatic rings. The molecule has 13 heterocycles. The van der Waals surface area contributed by atoms with E-state index < -0.39 is 0 Å². The Hall–Kier alpha value is -12.7. The number of benzene rings is 4. The number of aromatic amines is 4. The summed E-state index contributed by atoms with van der Waals surface area (Å²) in [6.45, 7) is 40.9. The Balaban J connectivity index is 0.000000113. The molecule has 4 aliphatic carbocycles. The fourth-order valence-corrected chi connectivity index (χ4v) is 22.2. The van der Waals surface area contributed by atoms with Gasteiger partial charge in [0.25, 0.3) is 0 Å². The molecule has 5 saturated heterocycles. The molecule has 1 spiro atoms. The second-order valence-electron chi connectivity index (χ2n) is 36.1. The number of nitrogens with zero attached hydrogens (tertiary/aromatic N) is 17. The number of aliphatic hydroxyl groups is 1. The van der Waals surface area contributed by atoms with Crippen LogP contribution in [0.25, 0.3) is 43.6 Å². The Morgan fingerprint density at radius 1 is 0.400 bits per heavy atom. The number of aromatic nitrogens is 13. The van der Waals surface area contributed by atoms with E-state index in [4.69, 9.17) is 15.0 Å². The smallest absolute Gasteiger partial charge is 0.246 e. The third-order valence-electron chi connectivity index (χ3n) is 28.8. The van der Waals surface area contributed by atoms with Crippen LogP contribution in [-0.2, 0) is 70.5 Å². The van der Waals surface area contributed by atoms with Crippen LogP contribution < -0.4 is 19.6 Å². The monoisotopic (exact) mass is 1680 g/mol.